The lowest BCUT2D eigenvalue weighted by molar-refractivity contribution is -0.123. The SMILES string of the molecule is Cc1cc(N2CCC[C@H](N(Cc3csc(C)n3)S(C)(=O)=O)C2=O)n(C)n1. The van der Waals surface area contributed by atoms with Gasteiger partial charge in [-0.3, -0.25) is 14.4 Å². The number of piperidine rings is 1. The Bertz CT molecular complexity index is 918. The fourth-order valence-corrected chi connectivity index (χ4v) is 4.93. The van der Waals surface area contributed by atoms with Gasteiger partial charge in [-0.1, -0.05) is 0 Å². The van der Waals surface area contributed by atoms with E-state index in [4.69, 9.17) is 0 Å². The monoisotopic (exact) mass is 397 g/mol. The number of aryl methyl sites for hydroxylation is 3. The van der Waals surface area contributed by atoms with Crippen LogP contribution >= 0.6 is 11.3 Å². The van der Waals surface area contributed by atoms with E-state index in [1.54, 1.807) is 16.6 Å². The van der Waals surface area contributed by atoms with Gasteiger partial charge in [-0.05, 0) is 26.7 Å². The number of amides is 1. The number of thiazole rings is 1. The maximum absolute atomic E-state index is 13.1. The summed E-state index contributed by atoms with van der Waals surface area (Å²) in [4.78, 5) is 19.1. The Morgan fingerprint density at radius 1 is 1.38 bits per heavy atom. The molecule has 0 aromatic carbocycles. The number of anilines is 1. The Kier molecular flexibility index (Phi) is 5.18. The lowest BCUT2D eigenvalue weighted by Crippen LogP contribution is -2.54. The third-order valence-corrected chi connectivity index (χ3v) is 6.48. The van der Waals surface area contributed by atoms with Gasteiger partial charge in [0.1, 0.15) is 11.9 Å². The average molecular weight is 398 g/mol. The van der Waals surface area contributed by atoms with Crippen LogP contribution in [0.2, 0.25) is 0 Å². The highest BCUT2D eigenvalue weighted by Crippen LogP contribution is 2.26. The number of rotatable bonds is 5. The summed E-state index contributed by atoms with van der Waals surface area (Å²) in [6.07, 6.45) is 2.37. The molecule has 3 rings (SSSR count). The summed E-state index contributed by atoms with van der Waals surface area (Å²) in [5.41, 5.74) is 1.48. The van der Waals surface area contributed by atoms with Crippen LogP contribution in [0.15, 0.2) is 11.4 Å². The van der Waals surface area contributed by atoms with Crippen molar-refractivity contribution in [1.82, 2.24) is 19.1 Å². The molecule has 0 aliphatic carbocycles. The van der Waals surface area contributed by atoms with E-state index in [0.29, 0.717) is 24.5 Å². The Morgan fingerprint density at radius 2 is 2.12 bits per heavy atom. The van der Waals surface area contributed by atoms with Crippen LogP contribution in [0, 0.1) is 13.8 Å². The largest absolute Gasteiger partial charge is 0.296 e. The third-order valence-electron chi connectivity index (χ3n) is 4.42. The highest BCUT2D eigenvalue weighted by Gasteiger charge is 2.39. The van der Waals surface area contributed by atoms with Crippen molar-refractivity contribution in [2.24, 2.45) is 7.05 Å². The van der Waals surface area contributed by atoms with Gasteiger partial charge in [0, 0.05) is 25.0 Å². The van der Waals surface area contributed by atoms with Gasteiger partial charge in [-0.2, -0.15) is 9.40 Å². The molecule has 1 atom stereocenters. The fourth-order valence-electron chi connectivity index (χ4n) is 3.30. The molecule has 1 fully saturated rings. The maximum atomic E-state index is 13.1. The lowest BCUT2D eigenvalue weighted by Gasteiger charge is -2.36. The van der Waals surface area contributed by atoms with Gasteiger partial charge in [0.2, 0.25) is 15.9 Å². The summed E-state index contributed by atoms with van der Waals surface area (Å²) >= 11 is 1.47. The van der Waals surface area contributed by atoms with Gasteiger partial charge in [0.15, 0.2) is 0 Å². The first-order valence-electron chi connectivity index (χ1n) is 8.36. The molecule has 142 valence electrons. The Hall–Kier alpha value is -1.78. The van der Waals surface area contributed by atoms with Crippen molar-refractivity contribution in [2.45, 2.75) is 39.3 Å². The quantitative estimate of drug-likeness (QED) is 0.762. The van der Waals surface area contributed by atoms with E-state index in [-0.39, 0.29) is 12.5 Å². The van der Waals surface area contributed by atoms with Crippen LogP contribution in [0.3, 0.4) is 0 Å². The minimum Gasteiger partial charge on any atom is -0.296 e. The lowest BCUT2D eigenvalue weighted by atomic mass is 10.0. The molecule has 1 aliphatic heterocycles. The van der Waals surface area contributed by atoms with E-state index in [2.05, 4.69) is 10.1 Å². The van der Waals surface area contributed by atoms with Gasteiger partial charge < -0.3 is 0 Å². The molecule has 26 heavy (non-hydrogen) atoms. The molecule has 0 bridgehead atoms. The van der Waals surface area contributed by atoms with Crippen molar-refractivity contribution in [3.05, 3.63) is 27.8 Å². The number of aromatic nitrogens is 3. The molecule has 0 radical (unpaired) electrons. The van der Waals surface area contributed by atoms with Crippen molar-refractivity contribution in [3.8, 4) is 0 Å². The zero-order valence-corrected chi connectivity index (χ0v) is 17.0. The van der Waals surface area contributed by atoms with Crippen molar-refractivity contribution < 1.29 is 13.2 Å². The third kappa shape index (κ3) is 3.81. The topological polar surface area (TPSA) is 88.4 Å². The molecule has 1 amide bonds. The zero-order valence-electron chi connectivity index (χ0n) is 15.3. The van der Waals surface area contributed by atoms with Crippen LogP contribution in [0.25, 0.3) is 0 Å². The van der Waals surface area contributed by atoms with Gasteiger partial charge >= 0.3 is 0 Å². The summed E-state index contributed by atoms with van der Waals surface area (Å²) in [5.74, 6) is 0.479. The molecule has 8 nitrogen and oxygen atoms in total. The molecule has 2 aromatic heterocycles. The summed E-state index contributed by atoms with van der Waals surface area (Å²) in [6.45, 7) is 4.40. The van der Waals surface area contributed by atoms with Crippen LogP contribution in [0.1, 0.15) is 29.2 Å². The minimum absolute atomic E-state index is 0.109. The molecular formula is C16H23N5O3S2. The molecule has 0 spiro atoms. The Morgan fingerprint density at radius 3 is 2.65 bits per heavy atom. The second kappa shape index (κ2) is 7.09. The molecule has 1 aliphatic rings. The van der Waals surface area contributed by atoms with Crippen LogP contribution in [-0.2, 0) is 28.4 Å². The minimum atomic E-state index is -3.57. The van der Waals surface area contributed by atoms with Crippen molar-refractivity contribution in [2.75, 3.05) is 17.7 Å². The number of carbonyl (C=O) groups excluding carboxylic acids is 1. The normalized spacial score (nSPS) is 18.7. The molecule has 1 saturated heterocycles. The van der Waals surface area contributed by atoms with Gasteiger partial charge in [0.05, 0.1) is 29.2 Å². The molecule has 0 saturated carbocycles. The molecule has 0 N–H and O–H groups in total. The van der Waals surface area contributed by atoms with Crippen molar-refractivity contribution in [1.29, 1.82) is 0 Å². The average Bonchev–Trinajstić information content (AvgIpc) is 3.09. The first kappa shape index (κ1) is 19.0. The van der Waals surface area contributed by atoms with Crippen LogP contribution in [0.4, 0.5) is 5.82 Å². The number of carbonyl (C=O) groups is 1. The molecule has 3 heterocycles. The van der Waals surface area contributed by atoms with E-state index >= 15 is 0 Å². The molecule has 10 heteroatoms. The van der Waals surface area contributed by atoms with Crippen LogP contribution < -0.4 is 4.90 Å². The van der Waals surface area contributed by atoms with E-state index < -0.39 is 16.1 Å². The summed E-state index contributed by atoms with van der Waals surface area (Å²) in [7, 11) is -1.79. The van der Waals surface area contributed by atoms with Gasteiger partial charge in [0.25, 0.3) is 0 Å². The zero-order chi connectivity index (χ0) is 19.1. The smallest absolute Gasteiger partial charge is 0.246 e. The number of hydrogen-bond acceptors (Lipinski definition) is 6. The van der Waals surface area contributed by atoms with E-state index in [9.17, 15) is 13.2 Å². The van der Waals surface area contributed by atoms with E-state index in [1.165, 1.54) is 15.6 Å². The number of sulfonamides is 1. The second-order valence-electron chi connectivity index (χ2n) is 6.58. The van der Waals surface area contributed by atoms with Crippen molar-refractivity contribution in [3.63, 3.8) is 0 Å². The van der Waals surface area contributed by atoms with E-state index in [0.717, 1.165) is 23.4 Å². The van der Waals surface area contributed by atoms with Crippen LogP contribution in [0.5, 0.6) is 0 Å². The number of hydrogen-bond donors (Lipinski definition) is 0. The summed E-state index contributed by atoms with van der Waals surface area (Å²) in [5, 5.41) is 7.00. The molecule has 0 unspecified atom stereocenters. The first-order chi connectivity index (χ1) is 12.2. The Balaban J connectivity index is 1.91. The Labute approximate surface area is 157 Å². The van der Waals surface area contributed by atoms with Gasteiger partial charge in [-0.25, -0.2) is 13.4 Å². The fraction of sp³-hybridized carbons (Fsp3) is 0.562. The standard InChI is InChI=1S/C16H23N5O3S2/c1-11-8-15(19(3)18-11)20-7-5-6-14(16(20)22)21(26(4,23)24)9-13-10-25-12(2)17-13/h8,10,14H,5-7,9H2,1-4H3/t14-/m0/s1. The predicted octanol–water partition coefficient (Wildman–Crippen LogP) is 1.45. The predicted molar refractivity (Wildman–Crippen MR) is 101 cm³/mol. The first-order valence-corrected chi connectivity index (χ1v) is 11.1. The summed E-state index contributed by atoms with van der Waals surface area (Å²) in [6, 6.07) is 1.12. The molecule has 2 aromatic rings. The molecular weight excluding hydrogens is 374 g/mol. The summed E-state index contributed by atoms with van der Waals surface area (Å²) < 4.78 is 27.8. The highest BCUT2D eigenvalue weighted by atomic mass is 32.2. The number of nitrogens with zero attached hydrogens (tertiary/aromatic N) is 5. The maximum Gasteiger partial charge on any atom is 0.246 e. The van der Waals surface area contributed by atoms with Crippen LogP contribution in [-0.4, -0.2) is 52.2 Å². The van der Waals surface area contributed by atoms with E-state index in [1.807, 2.05) is 25.3 Å². The second-order valence-corrected chi connectivity index (χ2v) is 9.58. The van der Waals surface area contributed by atoms with Crippen molar-refractivity contribution >= 4 is 33.1 Å². The highest BCUT2D eigenvalue weighted by molar-refractivity contribution is 7.88. The van der Waals surface area contributed by atoms with Gasteiger partial charge in [-0.15, -0.1) is 11.3 Å².